The maximum Gasteiger partial charge on any atom is 0.417 e. The molecule has 25 heavy (non-hydrogen) atoms. The Labute approximate surface area is 142 Å². The molecule has 0 aliphatic heterocycles. The van der Waals surface area contributed by atoms with Crippen molar-refractivity contribution in [2.75, 3.05) is 0 Å². The number of carbonyl (C=O) groups excluding carboxylic acids is 2. The number of rotatable bonds is 5. The smallest absolute Gasteiger partial charge is 0.369 e. The van der Waals surface area contributed by atoms with Gasteiger partial charge in [0.25, 0.3) is 5.91 Å². The van der Waals surface area contributed by atoms with Crippen molar-refractivity contribution in [2.24, 2.45) is 5.73 Å². The lowest BCUT2D eigenvalue weighted by Gasteiger charge is -2.23. The molecule has 2 unspecified atom stereocenters. The lowest BCUT2D eigenvalue weighted by atomic mass is 9.91. The molecule has 0 aliphatic carbocycles. The molecule has 0 spiro atoms. The van der Waals surface area contributed by atoms with Gasteiger partial charge in [0.05, 0.1) is 17.0 Å². The van der Waals surface area contributed by atoms with Gasteiger partial charge >= 0.3 is 6.18 Å². The zero-order chi connectivity index (χ0) is 18.6. The Bertz CT molecular complexity index is 760. The molecule has 0 fully saturated rings. The molecule has 0 aliphatic rings. The minimum Gasteiger partial charge on any atom is -0.369 e. The number of primary amides is 1. The highest BCUT2D eigenvalue weighted by molar-refractivity contribution is 5.96. The van der Waals surface area contributed by atoms with Gasteiger partial charge in [-0.15, -0.1) is 0 Å². The van der Waals surface area contributed by atoms with E-state index >= 15 is 0 Å². The van der Waals surface area contributed by atoms with E-state index < -0.39 is 41.1 Å². The van der Waals surface area contributed by atoms with E-state index in [0.717, 1.165) is 12.1 Å². The Morgan fingerprint density at radius 3 is 2.12 bits per heavy atom. The lowest BCUT2D eigenvalue weighted by Crippen LogP contribution is -2.42. The van der Waals surface area contributed by atoms with Gasteiger partial charge in [-0.2, -0.15) is 13.2 Å². The molecule has 2 aromatic rings. The Hall–Kier alpha value is -2.83. The maximum absolute atomic E-state index is 13.0. The second kappa shape index (κ2) is 7.38. The molecular formula is C18H17F3N2O2. The molecule has 4 nitrogen and oxygen atoms in total. The third kappa shape index (κ3) is 4.37. The zero-order valence-corrected chi connectivity index (χ0v) is 13.4. The SMILES string of the molecule is CC(NC(=O)c1ccccc1C(F)(F)F)C(C(N)=O)c1ccccc1. The van der Waals surface area contributed by atoms with Gasteiger partial charge in [-0.05, 0) is 24.6 Å². The molecule has 0 radical (unpaired) electrons. The van der Waals surface area contributed by atoms with Crippen LogP contribution in [0.4, 0.5) is 13.2 Å². The van der Waals surface area contributed by atoms with Crippen molar-refractivity contribution < 1.29 is 22.8 Å². The Balaban J connectivity index is 2.27. The summed E-state index contributed by atoms with van der Waals surface area (Å²) in [6, 6.07) is 12.2. The molecule has 7 heteroatoms. The van der Waals surface area contributed by atoms with Gasteiger partial charge in [-0.1, -0.05) is 42.5 Å². The second-order valence-electron chi connectivity index (χ2n) is 5.60. The minimum absolute atomic E-state index is 0.502. The molecule has 2 rings (SSSR count). The van der Waals surface area contributed by atoms with Crippen LogP contribution in [0.2, 0.25) is 0 Å². The molecule has 2 amide bonds. The van der Waals surface area contributed by atoms with E-state index in [1.165, 1.54) is 19.1 Å². The van der Waals surface area contributed by atoms with E-state index in [9.17, 15) is 22.8 Å². The third-order valence-electron chi connectivity index (χ3n) is 3.80. The molecule has 0 aromatic heterocycles. The van der Waals surface area contributed by atoms with Crippen molar-refractivity contribution in [1.82, 2.24) is 5.32 Å². The summed E-state index contributed by atoms with van der Waals surface area (Å²) >= 11 is 0. The van der Waals surface area contributed by atoms with Crippen LogP contribution in [0, 0.1) is 0 Å². The number of carbonyl (C=O) groups is 2. The maximum atomic E-state index is 13.0. The predicted molar refractivity (Wildman–Crippen MR) is 86.7 cm³/mol. The highest BCUT2D eigenvalue weighted by Crippen LogP contribution is 2.32. The van der Waals surface area contributed by atoms with E-state index in [2.05, 4.69) is 5.32 Å². The van der Waals surface area contributed by atoms with Gasteiger partial charge in [-0.25, -0.2) is 0 Å². The van der Waals surface area contributed by atoms with Crippen LogP contribution in [-0.4, -0.2) is 17.9 Å². The van der Waals surface area contributed by atoms with E-state index in [0.29, 0.717) is 5.56 Å². The molecular weight excluding hydrogens is 333 g/mol. The van der Waals surface area contributed by atoms with Crippen LogP contribution in [-0.2, 0) is 11.0 Å². The second-order valence-corrected chi connectivity index (χ2v) is 5.60. The van der Waals surface area contributed by atoms with Gasteiger partial charge in [0.2, 0.25) is 5.91 Å². The first-order valence-electron chi connectivity index (χ1n) is 7.53. The Morgan fingerprint density at radius 2 is 1.56 bits per heavy atom. The average molecular weight is 350 g/mol. The summed E-state index contributed by atoms with van der Waals surface area (Å²) in [5.41, 5.74) is 4.45. The summed E-state index contributed by atoms with van der Waals surface area (Å²) in [6.45, 7) is 1.52. The van der Waals surface area contributed by atoms with Gasteiger partial charge in [0.1, 0.15) is 0 Å². The highest BCUT2D eigenvalue weighted by Gasteiger charge is 2.35. The van der Waals surface area contributed by atoms with Crippen LogP contribution < -0.4 is 11.1 Å². The molecule has 0 saturated carbocycles. The minimum atomic E-state index is -4.65. The monoisotopic (exact) mass is 350 g/mol. The molecule has 2 aromatic carbocycles. The van der Waals surface area contributed by atoms with Crippen LogP contribution in [0.15, 0.2) is 54.6 Å². The standard InChI is InChI=1S/C18H17F3N2O2/c1-11(15(16(22)24)12-7-3-2-4-8-12)23-17(25)13-9-5-6-10-14(13)18(19,20)21/h2-11,15H,1H3,(H2,22,24)(H,23,25). The van der Waals surface area contributed by atoms with Crippen LogP contribution in [0.5, 0.6) is 0 Å². The van der Waals surface area contributed by atoms with E-state index in [1.807, 2.05) is 0 Å². The Kier molecular flexibility index (Phi) is 5.46. The first kappa shape index (κ1) is 18.5. The summed E-state index contributed by atoms with van der Waals surface area (Å²) in [5.74, 6) is -2.45. The number of benzene rings is 2. The number of hydrogen-bond acceptors (Lipinski definition) is 2. The summed E-state index contributed by atoms with van der Waals surface area (Å²) in [4.78, 5) is 24.1. The molecule has 132 valence electrons. The quantitative estimate of drug-likeness (QED) is 0.870. The summed E-state index contributed by atoms with van der Waals surface area (Å²) in [7, 11) is 0. The highest BCUT2D eigenvalue weighted by atomic mass is 19.4. The van der Waals surface area contributed by atoms with E-state index in [4.69, 9.17) is 5.73 Å². The molecule has 3 N–H and O–H groups in total. The van der Waals surface area contributed by atoms with Crippen molar-refractivity contribution in [2.45, 2.75) is 25.1 Å². The summed E-state index contributed by atoms with van der Waals surface area (Å²) in [5, 5.41) is 2.45. The summed E-state index contributed by atoms with van der Waals surface area (Å²) in [6.07, 6.45) is -4.65. The van der Waals surface area contributed by atoms with Crippen LogP contribution in [0.25, 0.3) is 0 Å². The number of nitrogens with two attached hydrogens (primary N) is 1. The first-order chi connectivity index (χ1) is 11.7. The fourth-order valence-electron chi connectivity index (χ4n) is 2.66. The van der Waals surface area contributed by atoms with Crippen LogP contribution >= 0.6 is 0 Å². The summed E-state index contributed by atoms with van der Waals surface area (Å²) < 4.78 is 39.1. The fraction of sp³-hybridized carbons (Fsp3) is 0.222. The van der Waals surface area contributed by atoms with Crippen LogP contribution in [0.3, 0.4) is 0 Å². The van der Waals surface area contributed by atoms with Gasteiger partial charge in [0.15, 0.2) is 0 Å². The van der Waals surface area contributed by atoms with Gasteiger partial charge < -0.3 is 11.1 Å². The Morgan fingerprint density at radius 1 is 1.00 bits per heavy atom. The molecule has 0 saturated heterocycles. The number of hydrogen-bond donors (Lipinski definition) is 2. The number of nitrogens with one attached hydrogen (secondary N) is 1. The van der Waals surface area contributed by atoms with Crippen LogP contribution in [0.1, 0.15) is 34.3 Å². The van der Waals surface area contributed by atoms with Crippen molar-refractivity contribution in [3.63, 3.8) is 0 Å². The number of alkyl halides is 3. The lowest BCUT2D eigenvalue weighted by molar-refractivity contribution is -0.138. The van der Waals surface area contributed by atoms with Gasteiger partial charge in [0, 0.05) is 6.04 Å². The third-order valence-corrected chi connectivity index (χ3v) is 3.80. The van der Waals surface area contributed by atoms with Crippen molar-refractivity contribution >= 4 is 11.8 Å². The first-order valence-corrected chi connectivity index (χ1v) is 7.53. The van der Waals surface area contributed by atoms with E-state index in [1.54, 1.807) is 30.3 Å². The topological polar surface area (TPSA) is 72.2 Å². The zero-order valence-electron chi connectivity index (χ0n) is 13.4. The van der Waals surface area contributed by atoms with E-state index in [-0.39, 0.29) is 0 Å². The number of amides is 2. The predicted octanol–water partition coefficient (Wildman–Crippen LogP) is 3.09. The van der Waals surface area contributed by atoms with Crippen molar-refractivity contribution in [3.05, 3.63) is 71.3 Å². The number of halogens is 3. The van der Waals surface area contributed by atoms with Gasteiger partial charge in [-0.3, -0.25) is 9.59 Å². The molecule has 2 atom stereocenters. The normalized spacial score (nSPS) is 13.8. The fourth-order valence-corrected chi connectivity index (χ4v) is 2.66. The largest absolute Gasteiger partial charge is 0.417 e. The molecule has 0 bridgehead atoms. The van der Waals surface area contributed by atoms with Crippen molar-refractivity contribution in [1.29, 1.82) is 0 Å². The van der Waals surface area contributed by atoms with Crippen molar-refractivity contribution in [3.8, 4) is 0 Å². The average Bonchev–Trinajstić information content (AvgIpc) is 2.54. The molecule has 0 heterocycles.